The second-order valence-electron chi connectivity index (χ2n) is 2.74. The zero-order chi connectivity index (χ0) is 9.03. The highest BCUT2D eigenvalue weighted by Gasteiger charge is 2.41. The second-order valence-corrected chi connectivity index (χ2v) is 3.85. The largest absolute Gasteiger partial charge is 0.380 e. The van der Waals surface area contributed by atoms with Gasteiger partial charge in [-0.25, -0.2) is 0 Å². The summed E-state index contributed by atoms with van der Waals surface area (Å²) in [6, 6.07) is 0. The van der Waals surface area contributed by atoms with E-state index < -0.39 is 5.79 Å². The molecule has 3 nitrogen and oxygen atoms in total. The van der Waals surface area contributed by atoms with E-state index in [1.165, 1.54) is 0 Å². The van der Waals surface area contributed by atoms with E-state index in [0.717, 1.165) is 6.42 Å². The summed E-state index contributed by atoms with van der Waals surface area (Å²) in [7, 11) is 1.68. The molecule has 2 atom stereocenters. The van der Waals surface area contributed by atoms with E-state index in [4.69, 9.17) is 14.2 Å². The van der Waals surface area contributed by atoms with Crippen LogP contribution >= 0.6 is 15.9 Å². The highest BCUT2D eigenvalue weighted by molar-refractivity contribution is 9.09. The van der Waals surface area contributed by atoms with Gasteiger partial charge in [-0.05, 0) is 6.92 Å². The number of hydrogen-bond donors (Lipinski definition) is 0. The van der Waals surface area contributed by atoms with Crippen LogP contribution in [-0.2, 0) is 14.2 Å². The van der Waals surface area contributed by atoms with Crippen molar-refractivity contribution in [3.05, 3.63) is 0 Å². The zero-order valence-corrected chi connectivity index (χ0v) is 9.09. The van der Waals surface area contributed by atoms with Crippen molar-refractivity contribution >= 4 is 15.9 Å². The predicted molar refractivity (Wildman–Crippen MR) is 49.5 cm³/mol. The van der Waals surface area contributed by atoms with Crippen LogP contribution < -0.4 is 0 Å². The fourth-order valence-corrected chi connectivity index (χ4v) is 2.12. The molecule has 0 spiro atoms. The van der Waals surface area contributed by atoms with Crippen molar-refractivity contribution in [3.8, 4) is 0 Å². The van der Waals surface area contributed by atoms with Gasteiger partial charge in [-0.15, -0.1) is 0 Å². The Labute approximate surface area is 81.5 Å². The Morgan fingerprint density at radius 3 is 2.92 bits per heavy atom. The van der Waals surface area contributed by atoms with Gasteiger partial charge in [-0.1, -0.05) is 15.9 Å². The van der Waals surface area contributed by atoms with Crippen LogP contribution in [0.5, 0.6) is 0 Å². The Morgan fingerprint density at radius 1 is 1.67 bits per heavy atom. The molecule has 0 radical (unpaired) electrons. The third kappa shape index (κ3) is 1.99. The van der Waals surface area contributed by atoms with Crippen molar-refractivity contribution < 1.29 is 14.2 Å². The fraction of sp³-hybridized carbons (Fsp3) is 1.00. The van der Waals surface area contributed by atoms with E-state index in [-0.39, 0.29) is 4.83 Å². The lowest BCUT2D eigenvalue weighted by atomic mass is 10.1. The van der Waals surface area contributed by atoms with E-state index in [1.807, 2.05) is 6.92 Å². The van der Waals surface area contributed by atoms with Crippen LogP contribution in [0, 0.1) is 0 Å². The van der Waals surface area contributed by atoms with E-state index in [2.05, 4.69) is 15.9 Å². The van der Waals surface area contributed by atoms with E-state index >= 15 is 0 Å². The SMILES string of the molecule is CCO[C@@]1(OC)CCOC[C@H]1Br. The summed E-state index contributed by atoms with van der Waals surface area (Å²) in [6.45, 7) is 3.98. The van der Waals surface area contributed by atoms with Crippen LogP contribution in [0.1, 0.15) is 13.3 Å². The molecule has 0 aliphatic carbocycles. The Hall–Kier alpha value is 0.360. The third-order valence-corrected chi connectivity index (χ3v) is 3.03. The Bertz CT molecular complexity index is 138. The first-order chi connectivity index (χ1) is 5.75. The van der Waals surface area contributed by atoms with Crippen LogP contribution in [0.3, 0.4) is 0 Å². The fourth-order valence-electron chi connectivity index (χ4n) is 1.38. The maximum absolute atomic E-state index is 5.58. The molecule has 1 rings (SSSR count). The van der Waals surface area contributed by atoms with Crippen molar-refractivity contribution in [2.45, 2.75) is 24.0 Å². The molecule has 0 amide bonds. The molecule has 1 heterocycles. The van der Waals surface area contributed by atoms with Crippen molar-refractivity contribution in [2.24, 2.45) is 0 Å². The summed E-state index contributed by atoms with van der Waals surface area (Å²) in [4.78, 5) is 0.128. The number of ether oxygens (including phenoxy) is 3. The smallest absolute Gasteiger partial charge is 0.184 e. The minimum absolute atomic E-state index is 0.128. The number of rotatable bonds is 3. The van der Waals surface area contributed by atoms with Gasteiger partial charge >= 0.3 is 0 Å². The molecular formula is C8H15BrO3. The molecule has 1 fully saturated rings. The number of halogens is 1. The van der Waals surface area contributed by atoms with Gasteiger partial charge in [0.25, 0.3) is 0 Å². The molecular weight excluding hydrogens is 224 g/mol. The lowest BCUT2D eigenvalue weighted by Crippen LogP contribution is -2.50. The number of alkyl halides is 1. The maximum atomic E-state index is 5.58. The summed E-state index contributed by atoms with van der Waals surface area (Å²) in [6.07, 6.45) is 0.785. The molecule has 4 heteroatoms. The van der Waals surface area contributed by atoms with E-state index in [9.17, 15) is 0 Å². The van der Waals surface area contributed by atoms with Gasteiger partial charge in [0.15, 0.2) is 5.79 Å². The summed E-state index contributed by atoms with van der Waals surface area (Å²) in [5.41, 5.74) is 0. The van der Waals surface area contributed by atoms with Crippen molar-refractivity contribution in [1.82, 2.24) is 0 Å². The average molecular weight is 239 g/mol. The topological polar surface area (TPSA) is 27.7 Å². The Morgan fingerprint density at radius 2 is 2.42 bits per heavy atom. The van der Waals surface area contributed by atoms with Crippen molar-refractivity contribution in [1.29, 1.82) is 0 Å². The molecule has 1 aliphatic rings. The number of methoxy groups -OCH3 is 1. The molecule has 1 aliphatic heterocycles. The lowest BCUT2D eigenvalue weighted by Gasteiger charge is -2.39. The standard InChI is InChI=1S/C8H15BrO3/c1-3-12-8(10-2)4-5-11-6-7(8)9/h7H,3-6H2,1-2H3/t7-,8+/m1/s1. The van der Waals surface area contributed by atoms with Crippen LogP contribution in [0.25, 0.3) is 0 Å². The molecule has 72 valence electrons. The third-order valence-electron chi connectivity index (χ3n) is 2.07. The normalized spacial score (nSPS) is 36.8. The minimum atomic E-state index is -0.479. The summed E-state index contributed by atoms with van der Waals surface area (Å²) < 4.78 is 16.2. The molecule has 0 aromatic carbocycles. The average Bonchev–Trinajstić information content (AvgIpc) is 2.10. The first-order valence-corrected chi connectivity index (χ1v) is 5.07. The maximum Gasteiger partial charge on any atom is 0.184 e. The molecule has 12 heavy (non-hydrogen) atoms. The summed E-state index contributed by atoms with van der Waals surface area (Å²) in [5, 5.41) is 0. The van der Waals surface area contributed by atoms with Crippen LogP contribution in [0.4, 0.5) is 0 Å². The first-order valence-electron chi connectivity index (χ1n) is 4.16. The van der Waals surface area contributed by atoms with E-state index in [1.54, 1.807) is 7.11 Å². The highest BCUT2D eigenvalue weighted by atomic mass is 79.9. The molecule has 0 saturated carbocycles. The van der Waals surface area contributed by atoms with Crippen LogP contribution in [0.2, 0.25) is 0 Å². The predicted octanol–water partition coefficient (Wildman–Crippen LogP) is 1.55. The molecule has 0 unspecified atom stereocenters. The molecule has 0 aromatic rings. The van der Waals surface area contributed by atoms with E-state index in [0.29, 0.717) is 19.8 Å². The zero-order valence-electron chi connectivity index (χ0n) is 7.51. The van der Waals surface area contributed by atoms with Gasteiger partial charge in [0.2, 0.25) is 0 Å². The Balaban J connectivity index is 2.60. The van der Waals surface area contributed by atoms with Gasteiger partial charge in [-0.2, -0.15) is 0 Å². The number of hydrogen-bond acceptors (Lipinski definition) is 3. The summed E-state index contributed by atoms with van der Waals surface area (Å²) >= 11 is 3.50. The Kier molecular flexibility index (Phi) is 3.96. The quantitative estimate of drug-likeness (QED) is 0.552. The van der Waals surface area contributed by atoms with Gasteiger partial charge in [0.1, 0.15) is 0 Å². The van der Waals surface area contributed by atoms with Gasteiger partial charge in [-0.3, -0.25) is 0 Å². The molecule has 0 bridgehead atoms. The first kappa shape index (κ1) is 10.4. The van der Waals surface area contributed by atoms with Gasteiger partial charge in [0.05, 0.1) is 18.0 Å². The molecule has 0 aromatic heterocycles. The van der Waals surface area contributed by atoms with Gasteiger partial charge < -0.3 is 14.2 Å². The molecule has 0 N–H and O–H groups in total. The lowest BCUT2D eigenvalue weighted by molar-refractivity contribution is -0.247. The monoisotopic (exact) mass is 238 g/mol. The van der Waals surface area contributed by atoms with Gasteiger partial charge in [0, 0.05) is 20.1 Å². The van der Waals surface area contributed by atoms with Crippen LogP contribution in [0.15, 0.2) is 0 Å². The van der Waals surface area contributed by atoms with Crippen LogP contribution in [-0.4, -0.2) is 37.5 Å². The van der Waals surface area contributed by atoms with Crippen molar-refractivity contribution in [3.63, 3.8) is 0 Å². The minimum Gasteiger partial charge on any atom is -0.380 e. The summed E-state index contributed by atoms with van der Waals surface area (Å²) in [5.74, 6) is -0.479. The van der Waals surface area contributed by atoms with Crippen molar-refractivity contribution in [2.75, 3.05) is 26.9 Å². The molecule has 1 saturated heterocycles. The highest BCUT2D eigenvalue weighted by Crippen LogP contribution is 2.31. The second kappa shape index (κ2) is 4.56.